The third kappa shape index (κ3) is 5.39. The van der Waals surface area contributed by atoms with E-state index in [9.17, 15) is 14.4 Å². The van der Waals surface area contributed by atoms with E-state index in [-0.39, 0.29) is 5.78 Å². The lowest BCUT2D eigenvalue weighted by atomic mass is 10.0. The van der Waals surface area contributed by atoms with Crippen LogP contribution in [0.1, 0.15) is 21.5 Å². The van der Waals surface area contributed by atoms with Crippen molar-refractivity contribution in [1.82, 2.24) is 9.97 Å². The molecule has 4 rings (SSSR count). The van der Waals surface area contributed by atoms with Gasteiger partial charge in [0, 0.05) is 23.4 Å². The standard InChI is InChI=1S/C25H22N4O5/c30-22(31)14-29(15-23(32)33)19-11-9-18(10-12-19)24(34)17-7-5-16(6-8-17)13-26-25-27-20-3-1-2-4-21(20)28-25/h1-12H,13-15H2,(H,30,31)(H,32,33)(H2,26,27,28). The zero-order valence-electron chi connectivity index (χ0n) is 18.1. The second kappa shape index (κ2) is 9.86. The molecule has 0 bridgehead atoms. The SMILES string of the molecule is O=C(O)CN(CC(=O)O)c1ccc(C(=O)c2ccc(CNc3nc4ccccc4[nH]3)cc2)cc1. The first-order valence-corrected chi connectivity index (χ1v) is 10.5. The predicted molar refractivity (Wildman–Crippen MR) is 127 cm³/mol. The molecule has 3 aromatic carbocycles. The van der Waals surface area contributed by atoms with Crippen molar-refractivity contribution in [2.24, 2.45) is 0 Å². The zero-order chi connectivity index (χ0) is 24.1. The van der Waals surface area contributed by atoms with Gasteiger partial charge in [0.2, 0.25) is 5.95 Å². The molecule has 34 heavy (non-hydrogen) atoms. The van der Waals surface area contributed by atoms with Gasteiger partial charge < -0.3 is 25.4 Å². The maximum absolute atomic E-state index is 12.8. The van der Waals surface area contributed by atoms with Crippen LogP contribution < -0.4 is 10.2 Å². The number of H-pyrrole nitrogens is 1. The average molecular weight is 458 g/mol. The number of aliphatic carboxylic acids is 2. The number of hydrogen-bond donors (Lipinski definition) is 4. The van der Waals surface area contributed by atoms with Gasteiger partial charge in [-0.25, -0.2) is 4.98 Å². The van der Waals surface area contributed by atoms with Crippen LogP contribution >= 0.6 is 0 Å². The van der Waals surface area contributed by atoms with E-state index in [1.54, 1.807) is 36.4 Å². The molecule has 0 amide bonds. The van der Waals surface area contributed by atoms with Crippen molar-refractivity contribution < 1.29 is 24.6 Å². The number of carboxylic acids is 2. The molecule has 0 radical (unpaired) electrons. The van der Waals surface area contributed by atoms with Crippen molar-refractivity contribution in [3.63, 3.8) is 0 Å². The lowest BCUT2D eigenvalue weighted by molar-refractivity contribution is -0.136. The zero-order valence-corrected chi connectivity index (χ0v) is 18.1. The van der Waals surface area contributed by atoms with Gasteiger partial charge in [-0.1, -0.05) is 36.4 Å². The summed E-state index contributed by atoms with van der Waals surface area (Å²) in [5.41, 5.74) is 4.14. The number of ketones is 1. The summed E-state index contributed by atoms with van der Waals surface area (Å²) >= 11 is 0. The minimum absolute atomic E-state index is 0.189. The van der Waals surface area contributed by atoms with Gasteiger partial charge >= 0.3 is 11.9 Å². The van der Waals surface area contributed by atoms with Crippen LogP contribution in [0.5, 0.6) is 0 Å². The van der Waals surface area contributed by atoms with E-state index in [0.717, 1.165) is 16.6 Å². The van der Waals surface area contributed by atoms with E-state index in [1.807, 2.05) is 36.4 Å². The number of carbonyl (C=O) groups is 3. The first-order valence-electron chi connectivity index (χ1n) is 10.5. The number of hydrogen-bond acceptors (Lipinski definition) is 6. The Labute approximate surface area is 194 Å². The third-order valence-electron chi connectivity index (χ3n) is 5.21. The van der Waals surface area contributed by atoms with E-state index in [4.69, 9.17) is 10.2 Å². The molecular formula is C25H22N4O5. The van der Waals surface area contributed by atoms with Crippen molar-refractivity contribution in [3.05, 3.63) is 89.5 Å². The van der Waals surface area contributed by atoms with Crippen molar-refractivity contribution in [2.75, 3.05) is 23.3 Å². The van der Waals surface area contributed by atoms with Crippen LogP contribution in [-0.4, -0.2) is 51.0 Å². The van der Waals surface area contributed by atoms with Crippen LogP contribution in [0.25, 0.3) is 11.0 Å². The molecule has 1 aromatic heterocycles. The van der Waals surface area contributed by atoms with Gasteiger partial charge in [0.1, 0.15) is 13.1 Å². The molecule has 0 saturated heterocycles. The number of rotatable bonds is 10. The second-order valence-electron chi connectivity index (χ2n) is 7.67. The largest absolute Gasteiger partial charge is 0.480 e. The molecule has 0 spiro atoms. The van der Waals surface area contributed by atoms with E-state index in [0.29, 0.717) is 29.3 Å². The summed E-state index contributed by atoms with van der Waals surface area (Å²) in [6.45, 7) is -0.377. The summed E-state index contributed by atoms with van der Waals surface area (Å²) in [6, 6.07) is 21.2. The summed E-state index contributed by atoms with van der Waals surface area (Å²) < 4.78 is 0. The van der Waals surface area contributed by atoms with Gasteiger partial charge in [0.25, 0.3) is 0 Å². The average Bonchev–Trinajstić information content (AvgIpc) is 3.25. The number of carbonyl (C=O) groups excluding carboxylic acids is 1. The number of carboxylic acid groups (broad SMARTS) is 2. The van der Waals surface area contributed by atoms with E-state index in [1.165, 1.54) is 4.90 Å². The maximum atomic E-state index is 12.8. The molecule has 0 aliphatic carbocycles. The highest BCUT2D eigenvalue weighted by Crippen LogP contribution is 2.19. The number of nitrogens with one attached hydrogen (secondary N) is 2. The molecule has 9 nitrogen and oxygen atoms in total. The van der Waals surface area contributed by atoms with Crippen LogP contribution in [0, 0.1) is 0 Å². The Morgan fingerprint density at radius 1 is 0.824 bits per heavy atom. The summed E-state index contributed by atoms with van der Waals surface area (Å²) in [5, 5.41) is 21.3. The number of aromatic nitrogens is 2. The van der Waals surface area contributed by atoms with Gasteiger partial charge in [-0.05, 0) is 42.0 Å². The normalized spacial score (nSPS) is 10.7. The van der Waals surface area contributed by atoms with Crippen LogP contribution in [-0.2, 0) is 16.1 Å². The highest BCUT2D eigenvalue weighted by Gasteiger charge is 2.15. The summed E-state index contributed by atoms with van der Waals surface area (Å²) in [6.07, 6.45) is 0. The molecule has 1 heterocycles. The molecule has 4 N–H and O–H groups in total. The molecule has 0 saturated carbocycles. The highest BCUT2D eigenvalue weighted by atomic mass is 16.4. The molecule has 4 aromatic rings. The minimum Gasteiger partial charge on any atom is -0.480 e. The topological polar surface area (TPSA) is 136 Å². The predicted octanol–water partition coefficient (Wildman–Crippen LogP) is 3.38. The molecule has 0 unspecified atom stereocenters. The van der Waals surface area contributed by atoms with Gasteiger partial charge in [-0.2, -0.15) is 0 Å². The maximum Gasteiger partial charge on any atom is 0.323 e. The Kier molecular flexibility index (Phi) is 6.54. The summed E-state index contributed by atoms with van der Waals surface area (Å²) in [7, 11) is 0. The second-order valence-corrected chi connectivity index (χ2v) is 7.67. The van der Waals surface area contributed by atoms with Gasteiger partial charge in [-0.15, -0.1) is 0 Å². The van der Waals surface area contributed by atoms with Crippen molar-refractivity contribution >= 4 is 40.4 Å². The van der Waals surface area contributed by atoms with Crippen LogP contribution in [0.4, 0.5) is 11.6 Å². The van der Waals surface area contributed by atoms with Gasteiger partial charge in [0.05, 0.1) is 11.0 Å². The number of aromatic amines is 1. The monoisotopic (exact) mass is 458 g/mol. The Hall–Kier alpha value is -4.66. The first-order chi connectivity index (χ1) is 16.4. The number of fused-ring (bicyclic) bond motifs is 1. The Balaban J connectivity index is 1.40. The molecule has 0 aliphatic rings. The molecule has 9 heteroatoms. The van der Waals surface area contributed by atoms with Crippen molar-refractivity contribution in [1.29, 1.82) is 0 Å². The van der Waals surface area contributed by atoms with Crippen molar-refractivity contribution in [2.45, 2.75) is 6.54 Å². The Bertz CT molecular complexity index is 1280. The molecule has 0 fully saturated rings. The van der Waals surface area contributed by atoms with Gasteiger partial charge in [-0.3, -0.25) is 14.4 Å². The number of nitrogens with zero attached hydrogens (tertiary/aromatic N) is 2. The fourth-order valence-electron chi connectivity index (χ4n) is 3.55. The quantitative estimate of drug-likeness (QED) is 0.266. The van der Waals surface area contributed by atoms with Gasteiger partial charge in [0.15, 0.2) is 5.78 Å². The molecular weight excluding hydrogens is 436 g/mol. The number of imidazole rings is 1. The summed E-state index contributed by atoms with van der Waals surface area (Å²) in [5.74, 6) is -1.81. The molecule has 0 aliphatic heterocycles. The third-order valence-corrected chi connectivity index (χ3v) is 5.21. The lowest BCUT2D eigenvalue weighted by Crippen LogP contribution is -2.34. The molecule has 172 valence electrons. The summed E-state index contributed by atoms with van der Waals surface area (Å²) in [4.78, 5) is 43.8. The number of para-hydroxylation sites is 2. The van der Waals surface area contributed by atoms with Crippen molar-refractivity contribution in [3.8, 4) is 0 Å². The first kappa shape index (κ1) is 22.5. The smallest absolute Gasteiger partial charge is 0.323 e. The Morgan fingerprint density at radius 2 is 1.41 bits per heavy atom. The van der Waals surface area contributed by atoms with Crippen LogP contribution in [0.3, 0.4) is 0 Å². The number of anilines is 2. The number of benzene rings is 3. The Morgan fingerprint density at radius 3 is 2.00 bits per heavy atom. The minimum atomic E-state index is -1.14. The van der Waals surface area contributed by atoms with Crippen LogP contribution in [0.15, 0.2) is 72.8 Å². The van der Waals surface area contributed by atoms with E-state index < -0.39 is 25.0 Å². The van der Waals surface area contributed by atoms with Crippen LogP contribution in [0.2, 0.25) is 0 Å². The fourth-order valence-corrected chi connectivity index (χ4v) is 3.55. The lowest BCUT2D eigenvalue weighted by Gasteiger charge is -2.20. The fraction of sp³-hybridized carbons (Fsp3) is 0.120. The highest BCUT2D eigenvalue weighted by molar-refractivity contribution is 6.09. The van der Waals surface area contributed by atoms with E-state index >= 15 is 0 Å². The van der Waals surface area contributed by atoms with E-state index in [2.05, 4.69) is 15.3 Å². The molecule has 0 atom stereocenters.